The molecule has 0 aliphatic carbocycles. The second-order valence-electron chi connectivity index (χ2n) is 4.77. The van der Waals surface area contributed by atoms with E-state index in [1.165, 1.54) is 0 Å². The van der Waals surface area contributed by atoms with Crippen molar-refractivity contribution in [3.8, 4) is 0 Å². The van der Waals surface area contributed by atoms with Crippen LogP contribution >= 0.6 is 0 Å². The van der Waals surface area contributed by atoms with E-state index in [1.54, 1.807) is 0 Å². The topological polar surface area (TPSA) is 41.6 Å². The van der Waals surface area contributed by atoms with Crippen LogP contribution in [-0.2, 0) is 9.53 Å². The summed E-state index contributed by atoms with van der Waals surface area (Å²) in [5, 5.41) is 2.98. The summed E-state index contributed by atoms with van der Waals surface area (Å²) < 4.78 is 5.27. The van der Waals surface area contributed by atoms with Gasteiger partial charge in [-0.3, -0.25) is 4.79 Å². The number of rotatable bonds is 6. The molecular weight excluding hydrogens is 204 g/mol. The molecule has 0 aromatic rings. The van der Waals surface area contributed by atoms with E-state index in [-0.39, 0.29) is 5.91 Å². The molecule has 1 aliphatic rings. The fourth-order valence-electron chi connectivity index (χ4n) is 1.91. The van der Waals surface area contributed by atoms with Gasteiger partial charge in [0.15, 0.2) is 0 Å². The van der Waals surface area contributed by atoms with Crippen molar-refractivity contribution in [2.75, 3.05) is 40.4 Å². The Morgan fingerprint density at radius 2 is 2.06 bits per heavy atom. The van der Waals surface area contributed by atoms with Crippen LogP contribution in [0, 0.1) is 5.92 Å². The molecule has 0 saturated carbocycles. The molecule has 0 unspecified atom stereocenters. The van der Waals surface area contributed by atoms with Crippen molar-refractivity contribution < 1.29 is 9.53 Å². The highest BCUT2D eigenvalue weighted by molar-refractivity contribution is 5.76. The highest BCUT2D eigenvalue weighted by Crippen LogP contribution is 2.17. The zero-order valence-corrected chi connectivity index (χ0v) is 10.5. The summed E-state index contributed by atoms with van der Waals surface area (Å²) in [6.07, 6.45) is 3.76. The highest BCUT2D eigenvalue weighted by atomic mass is 16.5. The second kappa shape index (κ2) is 7.63. The third-order valence-corrected chi connectivity index (χ3v) is 2.92. The van der Waals surface area contributed by atoms with Gasteiger partial charge in [0.25, 0.3) is 0 Å². The van der Waals surface area contributed by atoms with Crippen LogP contribution in [0.3, 0.4) is 0 Å². The average Bonchev–Trinajstić information content (AvgIpc) is 2.25. The Morgan fingerprint density at radius 1 is 1.38 bits per heavy atom. The van der Waals surface area contributed by atoms with Crippen molar-refractivity contribution in [2.45, 2.75) is 25.7 Å². The molecule has 1 aliphatic heterocycles. The van der Waals surface area contributed by atoms with Crippen molar-refractivity contribution in [1.29, 1.82) is 0 Å². The minimum Gasteiger partial charge on any atom is -0.381 e. The smallest absolute Gasteiger partial charge is 0.220 e. The van der Waals surface area contributed by atoms with Gasteiger partial charge in [0.2, 0.25) is 5.91 Å². The lowest BCUT2D eigenvalue weighted by atomic mass is 9.96. The van der Waals surface area contributed by atoms with Gasteiger partial charge < -0.3 is 15.0 Å². The maximum atomic E-state index is 11.6. The number of ether oxygens (including phenoxy) is 1. The Balaban J connectivity index is 2.01. The molecule has 1 heterocycles. The molecule has 0 radical (unpaired) electrons. The Hall–Kier alpha value is -0.610. The number of carbonyl (C=O) groups excluding carboxylic acids is 1. The monoisotopic (exact) mass is 228 g/mol. The summed E-state index contributed by atoms with van der Waals surface area (Å²) in [4.78, 5) is 13.7. The molecule has 16 heavy (non-hydrogen) atoms. The fraction of sp³-hybridized carbons (Fsp3) is 0.917. The molecule has 1 fully saturated rings. The van der Waals surface area contributed by atoms with Gasteiger partial charge in [0.05, 0.1) is 0 Å². The van der Waals surface area contributed by atoms with Gasteiger partial charge >= 0.3 is 0 Å². The number of nitrogens with one attached hydrogen (secondary N) is 1. The first-order chi connectivity index (χ1) is 7.68. The van der Waals surface area contributed by atoms with E-state index in [4.69, 9.17) is 4.74 Å². The molecule has 0 aromatic heterocycles. The van der Waals surface area contributed by atoms with E-state index in [0.717, 1.165) is 45.6 Å². The first kappa shape index (κ1) is 13.5. The number of hydrogen-bond donors (Lipinski definition) is 1. The van der Waals surface area contributed by atoms with Gasteiger partial charge in [0, 0.05) is 26.2 Å². The molecule has 94 valence electrons. The van der Waals surface area contributed by atoms with E-state index >= 15 is 0 Å². The van der Waals surface area contributed by atoms with Crippen LogP contribution in [0.15, 0.2) is 0 Å². The van der Waals surface area contributed by atoms with Gasteiger partial charge in [-0.2, -0.15) is 0 Å². The maximum Gasteiger partial charge on any atom is 0.220 e. The lowest BCUT2D eigenvalue weighted by Gasteiger charge is -2.21. The lowest BCUT2D eigenvalue weighted by Crippen LogP contribution is -2.30. The largest absolute Gasteiger partial charge is 0.381 e. The zero-order chi connectivity index (χ0) is 11.8. The number of nitrogens with zero attached hydrogens (tertiary/aromatic N) is 1. The Morgan fingerprint density at radius 3 is 2.69 bits per heavy atom. The van der Waals surface area contributed by atoms with Gasteiger partial charge in [0.1, 0.15) is 0 Å². The average molecular weight is 228 g/mol. The second-order valence-corrected chi connectivity index (χ2v) is 4.77. The van der Waals surface area contributed by atoms with Crippen molar-refractivity contribution >= 4 is 5.91 Å². The molecule has 1 saturated heterocycles. The van der Waals surface area contributed by atoms with Gasteiger partial charge in [-0.1, -0.05) is 0 Å². The highest BCUT2D eigenvalue weighted by Gasteiger charge is 2.16. The van der Waals surface area contributed by atoms with Crippen molar-refractivity contribution in [1.82, 2.24) is 10.2 Å². The number of amides is 1. The molecule has 0 bridgehead atoms. The van der Waals surface area contributed by atoms with Crippen molar-refractivity contribution in [2.24, 2.45) is 5.92 Å². The Kier molecular flexibility index (Phi) is 6.42. The third-order valence-electron chi connectivity index (χ3n) is 2.92. The van der Waals surface area contributed by atoms with Crippen LogP contribution in [-0.4, -0.2) is 51.2 Å². The van der Waals surface area contributed by atoms with E-state index in [0.29, 0.717) is 12.3 Å². The quantitative estimate of drug-likeness (QED) is 0.686. The fourth-order valence-corrected chi connectivity index (χ4v) is 1.91. The molecule has 4 heteroatoms. The van der Waals surface area contributed by atoms with Crippen LogP contribution in [0.5, 0.6) is 0 Å². The number of carbonyl (C=O) groups is 1. The standard InChI is InChI=1S/C12H24N2O2/c1-14(2)7-3-6-13-12(15)10-11-4-8-16-9-5-11/h11H,3-10H2,1-2H3,(H,13,15). The molecule has 1 N–H and O–H groups in total. The summed E-state index contributed by atoms with van der Waals surface area (Å²) in [6, 6.07) is 0. The van der Waals surface area contributed by atoms with Crippen molar-refractivity contribution in [3.05, 3.63) is 0 Å². The minimum atomic E-state index is 0.200. The van der Waals surface area contributed by atoms with Crippen LogP contribution in [0.1, 0.15) is 25.7 Å². The molecule has 1 rings (SSSR count). The van der Waals surface area contributed by atoms with Gasteiger partial charge in [-0.05, 0) is 45.8 Å². The van der Waals surface area contributed by atoms with E-state index in [1.807, 2.05) is 14.1 Å². The van der Waals surface area contributed by atoms with E-state index < -0.39 is 0 Å². The predicted molar refractivity (Wildman–Crippen MR) is 64.3 cm³/mol. The summed E-state index contributed by atoms with van der Waals surface area (Å²) in [5.41, 5.74) is 0. The Bertz CT molecular complexity index is 201. The van der Waals surface area contributed by atoms with Crippen LogP contribution in [0.25, 0.3) is 0 Å². The SMILES string of the molecule is CN(C)CCCNC(=O)CC1CCOCC1. The Labute approximate surface area is 98.3 Å². The molecule has 0 aromatic carbocycles. The first-order valence-electron chi connectivity index (χ1n) is 6.17. The predicted octanol–water partition coefficient (Wildman–Crippen LogP) is 0.871. The summed E-state index contributed by atoms with van der Waals surface area (Å²) in [7, 11) is 4.09. The molecule has 0 atom stereocenters. The lowest BCUT2D eigenvalue weighted by molar-refractivity contribution is -0.122. The van der Waals surface area contributed by atoms with Gasteiger partial charge in [-0.15, -0.1) is 0 Å². The molecular formula is C12H24N2O2. The number of hydrogen-bond acceptors (Lipinski definition) is 3. The summed E-state index contributed by atoms with van der Waals surface area (Å²) in [6.45, 7) is 3.45. The maximum absolute atomic E-state index is 11.6. The van der Waals surface area contributed by atoms with E-state index in [2.05, 4.69) is 10.2 Å². The molecule has 1 amide bonds. The zero-order valence-electron chi connectivity index (χ0n) is 10.5. The van der Waals surface area contributed by atoms with E-state index in [9.17, 15) is 4.79 Å². The summed E-state index contributed by atoms with van der Waals surface area (Å²) in [5.74, 6) is 0.730. The molecule has 4 nitrogen and oxygen atoms in total. The summed E-state index contributed by atoms with van der Waals surface area (Å²) >= 11 is 0. The molecule has 0 spiro atoms. The first-order valence-corrected chi connectivity index (χ1v) is 6.17. The normalized spacial score (nSPS) is 17.7. The van der Waals surface area contributed by atoms with Crippen LogP contribution in [0.4, 0.5) is 0 Å². The van der Waals surface area contributed by atoms with Crippen molar-refractivity contribution in [3.63, 3.8) is 0 Å². The van der Waals surface area contributed by atoms with Crippen LogP contribution < -0.4 is 5.32 Å². The van der Waals surface area contributed by atoms with Gasteiger partial charge in [-0.25, -0.2) is 0 Å². The third kappa shape index (κ3) is 6.08. The van der Waals surface area contributed by atoms with Crippen LogP contribution in [0.2, 0.25) is 0 Å². The minimum absolute atomic E-state index is 0.200.